The molecule has 1 aliphatic rings. The van der Waals surface area contributed by atoms with E-state index in [-0.39, 0.29) is 18.9 Å². The molecule has 0 aromatic carbocycles. The summed E-state index contributed by atoms with van der Waals surface area (Å²) in [5.41, 5.74) is 0. The van der Waals surface area contributed by atoms with Crippen molar-refractivity contribution in [3.63, 3.8) is 0 Å². The van der Waals surface area contributed by atoms with Crippen LogP contribution in [-0.4, -0.2) is 19.1 Å². The smallest absolute Gasteiger partial charge is 0.248 e. The lowest BCUT2D eigenvalue weighted by molar-refractivity contribution is -0.0437. The molecule has 3 heteroatoms. The predicted molar refractivity (Wildman–Crippen MR) is 43.4 cm³/mol. The molecule has 1 rings (SSSR count). The van der Waals surface area contributed by atoms with Crippen molar-refractivity contribution in [2.45, 2.75) is 50.6 Å². The Bertz CT molecular complexity index is 136. The fraction of sp³-hybridized carbons (Fsp3) is 1.00. The van der Waals surface area contributed by atoms with Gasteiger partial charge in [0.05, 0.1) is 6.10 Å². The van der Waals surface area contributed by atoms with Gasteiger partial charge in [0.1, 0.15) is 0 Å². The molecule has 1 fully saturated rings. The second-order valence-electron chi connectivity index (χ2n) is 3.50. The highest BCUT2D eigenvalue weighted by molar-refractivity contribution is 4.73. The van der Waals surface area contributed by atoms with Gasteiger partial charge in [0.15, 0.2) is 0 Å². The molecule has 0 bridgehead atoms. The molecule has 1 aliphatic carbocycles. The monoisotopic (exact) mass is 178 g/mol. The summed E-state index contributed by atoms with van der Waals surface area (Å²) in [7, 11) is 1.60. The predicted octanol–water partition coefficient (Wildman–Crippen LogP) is 2.99. The minimum Gasteiger partial charge on any atom is -0.381 e. The number of methoxy groups -OCH3 is 1. The number of ether oxygens (including phenoxy) is 1. The lowest BCUT2D eigenvalue weighted by atomic mass is 9.96. The molecular formula is C9H16F2O. The van der Waals surface area contributed by atoms with Crippen molar-refractivity contribution in [1.82, 2.24) is 0 Å². The Balaban J connectivity index is 2.39. The fourth-order valence-electron chi connectivity index (χ4n) is 1.63. The summed E-state index contributed by atoms with van der Waals surface area (Å²) >= 11 is 0. The summed E-state index contributed by atoms with van der Waals surface area (Å²) in [6.45, 7) is 0. The van der Waals surface area contributed by atoms with Gasteiger partial charge >= 0.3 is 0 Å². The zero-order chi connectivity index (χ0) is 9.03. The second kappa shape index (κ2) is 4.17. The summed E-state index contributed by atoms with van der Waals surface area (Å²) in [6.07, 6.45) is 3.04. The number of rotatable bonds is 1. The average Bonchev–Trinajstić information content (AvgIpc) is 2.00. The van der Waals surface area contributed by atoms with Gasteiger partial charge in [-0.25, -0.2) is 8.78 Å². The molecule has 0 heterocycles. The van der Waals surface area contributed by atoms with Crippen molar-refractivity contribution in [2.75, 3.05) is 7.11 Å². The third-order valence-electron chi connectivity index (χ3n) is 2.48. The van der Waals surface area contributed by atoms with E-state index in [1.807, 2.05) is 0 Å². The van der Waals surface area contributed by atoms with Crippen LogP contribution in [0.3, 0.4) is 0 Å². The molecule has 0 spiro atoms. The van der Waals surface area contributed by atoms with Crippen molar-refractivity contribution >= 4 is 0 Å². The minimum atomic E-state index is -2.45. The third-order valence-corrected chi connectivity index (χ3v) is 2.48. The first kappa shape index (κ1) is 9.90. The molecule has 0 aliphatic heterocycles. The van der Waals surface area contributed by atoms with Crippen LogP contribution in [0.1, 0.15) is 38.5 Å². The molecule has 12 heavy (non-hydrogen) atoms. The number of hydrogen-bond donors (Lipinski definition) is 0. The van der Waals surface area contributed by atoms with Gasteiger partial charge < -0.3 is 4.74 Å². The van der Waals surface area contributed by atoms with Gasteiger partial charge in [0, 0.05) is 20.0 Å². The molecule has 0 aromatic heterocycles. The van der Waals surface area contributed by atoms with E-state index in [2.05, 4.69) is 0 Å². The van der Waals surface area contributed by atoms with E-state index in [0.717, 1.165) is 12.8 Å². The summed E-state index contributed by atoms with van der Waals surface area (Å²) in [5, 5.41) is 0. The van der Waals surface area contributed by atoms with Crippen LogP contribution in [0.2, 0.25) is 0 Å². The van der Waals surface area contributed by atoms with E-state index in [1.165, 1.54) is 0 Å². The first-order valence-electron chi connectivity index (χ1n) is 4.55. The zero-order valence-corrected chi connectivity index (χ0v) is 7.48. The quantitative estimate of drug-likeness (QED) is 0.599. The van der Waals surface area contributed by atoms with E-state index in [1.54, 1.807) is 7.11 Å². The van der Waals surface area contributed by atoms with Crippen LogP contribution >= 0.6 is 0 Å². The Hall–Kier alpha value is -0.180. The van der Waals surface area contributed by atoms with E-state index in [9.17, 15) is 8.78 Å². The van der Waals surface area contributed by atoms with Crippen molar-refractivity contribution in [2.24, 2.45) is 0 Å². The molecule has 1 atom stereocenters. The first-order valence-corrected chi connectivity index (χ1v) is 4.55. The third kappa shape index (κ3) is 3.05. The van der Waals surface area contributed by atoms with Crippen LogP contribution < -0.4 is 0 Å². The molecule has 1 nitrogen and oxygen atoms in total. The minimum absolute atomic E-state index is 0.00843. The van der Waals surface area contributed by atoms with Gasteiger partial charge in [-0.1, -0.05) is 6.42 Å². The summed E-state index contributed by atoms with van der Waals surface area (Å²) in [6, 6.07) is 0. The van der Waals surface area contributed by atoms with E-state index in [4.69, 9.17) is 4.74 Å². The molecule has 0 radical (unpaired) electrons. The topological polar surface area (TPSA) is 9.23 Å². The highest BCUT2D eigenvalue weighted by Gasteiger charge is 2.30. The second-order valence-corrected chi connectivity index (χ2v) is 3.50. The lowest BCUT2D eigenvalue weighted by Gasteiger charge is -2.23. The molecule has 72 valence electrons. The molecule has 0 aromatic rings. The van der Waals surface area contributed by atoms with Gasteiger partial charge in [0.2, 0.25) is 5.92 Å². The van der Waals surface area contributed by atoms with E-state index in [0.29, 0.717) is 12.8 Å². The molecule has 1 saturated carbocycles. The van der Waals surface area contributed by atoms with Gasteiger partial charge in [-0.15, -0.1) is 0 Å². The van der Waals surface area contributed by atoms with Crippen molar-refractivity contribution in [3.05, 3.63) is 0 Å². The molecular weight excluding hydrogens is 162 g/mol. The normalized spacial score (nSPS) is 30.8. The van der Waals surface area contributed by atoms with Crippen LogP contribution in [-0.2, 0) is 4.74 Å². The van der Waals surface area contributed by atoms with Crippen LogP contribution in [0, 0.1) is 0 Å². The molecule has 0 amide bonds. The summed E-state index contributed by atoms with van der Waals surface area (Å²) in [5.74, 6) is -2.45. The van der Waals surface area contributed by atoms with E-state index < -0.39 is 5.92 Å². The van der Waals surface area contributed by atoms with Crippen LogP contribution in [0.15, 0.2) is 0 Å². The number of halogens is 2. The van der Waals surface area contributed by atoms with Crippen molar-refractivity contribution in [3.8, 4) is 0 Å². The molecule has 0 saturated heterocycles. The fourth-order valence-corrected chi connectivity index (χ4v) is 1.63. The summed E-state index contributed by atoms with van der Waals surface area (Å²) < 4.78 is 30.9. The van der Waals surface area contributed by atoms with Crippen molar-refractivity contribution in [1.29, 1.82) is 0 Å². The Morgan fingerprint density at radius 1 is 1.17 bits per heavy atom. The number of alkyl halides is 2. The Kier molecular flexibility index (Phi) is 3.44. The molecule has 1 unspecified atom stereocenters. The van der Waals surface area contributed by atoms with Crippen LogP contribution in [0.4, 0.5) is 8.78 Å². The van der Waals surface area contributed by atoms with Gasteiger partial charge in [-0.3, -0.25) is 0 Å². The SMILES string of the molecule is COC1CCCCC(F)(F)CC1. The number of hydrogen-bond acceptors (Lipinski definition) is 1. The summed E-state index contributed by atoms with van der Waals surface area (Å²) in [4.78, 5) is 0. The standard InChI is InChI=1S/C9H16F2O/c1-12-8-4-2-3-6-9(10,11)7-5-8/h8H,2-7H2,1H3. The Labute approximate surface area is 72.1 Å². The van der Waals surface area contributed by atoms with Crippen molar-refractivity contribution < 1.29 is 13.5 Å². The maximum Gasteiger partial charge on any atom is 0.248 e. The highest BCUT2D eigenvalue weighted by Crippen LogP contribution is 2.31. The lowest BCUT2D eigenvalue weighted by Crippen LogP contribution is -2.23. The highest BCUT2D eigenvalue weighted by atomic mass is 19.3. The Morgan fingerprint density at radius 3 is 2.58 bits per heavy atom. The van der Waals surface area contributed by atoms with Gasteiger partial charge in [-0.2, -0.15) is 0 Å². The van der Waals surface area contributed by atoms with Crippen LogP contribution in [0.5, 0.6) is 0 Å². The van der Waals surface area contributed by atoms with Gasteiger partial charge in [0.25, 0.3) is 0 Å². The van der Waals surface area contributed by atoms with E-state index >= 15 is 0 Å². The Morgan fingerprint density at radius 2 is 1.92 bits per heavy atom. The largest absolute Gasteiger partial charge is 0.381 e. The average molecular weight is 178 g/mol. The molecule has 0 N–H and O–H groups in total. The first-order chi connectivity index (χ1) is 5.64. The zero-order valence-electron chi connectivity index (χ0n) is 7.48. The maximum atomic E-state index is 12.9. The van der Waals surface area contributed by atoms with Gasteiger partial charge in [-0.05, 0) is 19.3 Å². The van der Waals surface area contributed by atoms with Crippen LogP contribution in [0.25, 0.3) is 0 Å². The maximum absolute atomic E-state index is 12.9.